The number of piperidine rings is 3. The highest BCUT2D eigenvalue weighted by Gasteiger charge is 2.35. The summed E-state index contributed by atoms with van der Waals surface area (Å²) in [6.45, 7) is 5.50. The summed E-state index contributed by atoms with van der Waals surface area (Å²) in [6, 6.07) is 0.727. The Kier molecular flexibility index (Phi) is 5.17. The molecule has 3 aliphatic rings. The van der Waals surface area contributed by atoms with Crippen LogP contribution in [-0.4, -0.2) is 61.5 Å². The van der Waals surface area contributed by atoms with Gasteiger partial charge in [0, 0.05) is 25.6 Å². The number of hydrogen-bond acceptors (Lipinski definition) is 3. The highest BCUT2D eigenvalue weighted by atomic mass is 16.2. The minimum absolute atomic E-state index is 0.409. The van der Waals surface area contributed by atoms with E-state index in [4.69, 9.17) is 0 Å². The van der Waals surface area contributed by atoms with Gasteiger partial charge in [0.25, 0.3) is 0 Å². The second-order valence-corrected chi connectivity index (χ2v) is 7.33. The molecule has 0 saturated carbocycles. The molecule has 0 aliphatic carbocycles. The molecule has 0 radical (unpaired) electrons. The number of nitrogens with one attached hydrogen (secondary N) is 1. The fraction of sp³-hybridized carbons (Fsp3) is 0.941. The molecular formula is C17H31N3O. The van der Waals surface area contributed by atoms with Crippen LogP contribution >= 0.6 is 0 Å². The number of fused-ring (bicyclic) bond motifs is 1. The second-order valence-electron chi connectivity index (χ2n) is 7.33. The Morgan fingerprint density at radius 2 is 2.10 bits per heavy atom. The van der Waals surface area contributed by atoms with E-state index in [1.165, 1.54) is 38.6 Å². The number of hydrogen-bond donors (Lipinski definition) is 1. The average Bonchev–Trinajstić information content (AvgIpc) is 2.53. The van der Waals surface area contributed by atoms with E-state index in [1.807, 2.05) is 0 Å². The number of nitrogens with zero attached hydrogens (tertiary/aromatic N) is 2. The molecule has 3 fully saturated rings. The molecule has 3 aliphatic heterocycles. The van der Waals surface area contributed by atoms with Crippen molar-refractivity contribution in [3.8, 4) is 0 Å². The average molecular weight is 293 g/mol. The van der Waals surface area contributed by atoms with Crippen LogP contribution in [0.2, 0.25) is 0 Å². The Morgan fingerprint density at radius 1 is 1.19 bits per heavy atom. The van der Waals surface area contributed by atoms with E-state index in [9.17, 15) is 4.79 Å². The van der Waals surface area contributed by atoms with Crippen molar-refractivity contribution in [2.75, 3.05) is 39.8 Å². The Hall–Kier alpha value is -0.610. The van der Waals surface area contributed by atoms with Gasteiger partial charge in [0.05, 0.1) is 0 Å². The number of amides is 1. The van der Waals surface area contributed by atoms with Crippen molar-refractivity contribution >= 4 is 5.91 Å². The lowest BCUT2D eigenvalue weighted by Crippen LogP contribution is -2.53. The maximum Gasteiger partial charge on any atom is 0.222 e. The summed E-state index contributed by atoms with van der Waals surface area (Å²) in [4.78, 5) is 17.2. The predicted molar refractivity (Wildman–Crippen MR) is 85.2 cm³/mol. The summed E-state index contributed by atoms with van der Waals surface area (Å²) in [5.41, 5.74) is 0. The Morgan fingerprint density at radius 3 is 2.90 bits per heavy atom. The van der Waals surface area contributed by atoms with Gasteiger partial charge in [0.15, 0.2) is 0 Å². The molecule has 3 heterocycles. The van der Waals surface area contributed by atoms with E-state index in [1.54, 1.807) is 0 Å². The molecule has 1 amide bonds. The SMILES string of the molecule is CN1CCCC2CN(C(=O)CCC3CCCNC3)CCC21. The third kappa shape index (κ3) is 3.78. The second kappa shape index (κ2) is 7.10. The molecule has 4 nitrogen and oxygen atoms in total. The minimum atomic E-state index is 0.409. The lowest BCUT2D eigenvalue weighted by molar-refractivity contribution is -0.135. The standard InChI is InChI=1S/C17H31N3O/c1-19-10-3-5-15-13-20(11-8-16(15)19)17(21)7-6-14-4-2-9-18-12-14/h14-16,18H,2-13H2,1H3. The molecule has 4 heteroatoms. The first-order chi connectivity index (χ1) is 10.2. The summed E-state index contributed by atoms with van der Waals surface area (Å²) in [6.07, 6.45) is 8.21. The zero-order valence-corrected chi connectivity index (χ0v) is 13.5. The Bertz CT molecular complexity index is 354. The first-order valence-corrected chi connectivity index (χ1v) is 8.93. The van der Waals surface area contributed by atoms with Gasteiger partial charge in [-0.1, -0.05) is 0 Å². The monoisotopic (exact) mass is 293 g/mol. The lowest BCUT2D eigenvalue weighted by Gasteiger charge is -2.46. The topological polar surface area (TPSA) is 35.6 Å². The zero-order chi connectivity index (χ0) is 14.7. The van der Waals surface area contributed by atoms with Gasteiger partial charge in [-0.2, -0.15) is 0 Å². The molecule has 3 unspecified atom stereocenters. The smallest absolute Gasteiger partial charge is 0.222 e. The molecule has 3 atom stereocenters. The summed E-state index contributed by atoms with van der Waals surface area (Å²) in [5, 5.41) is 3.45. The first kappa shape index (κ1) is 15.3. The maximum atomic E-state index is 12.5. The lowest BCUT2D eigenvalue weighted by atomic mass is 9.84. The molecule has 120 valence electrons. The van der Waals surface area contributed by atoms with E-state index in [0.717, 1.165) is 56.9 Å². The van der Waals surface area contributed by atoms with Gasteiger partial charge in [-0.3, -0.25) is 4.79 Å². The van der Waals surface area contributed by atoms with Gasteiger partial charge in [-0.15, -0.1) is 0 Å². The Balaban J connectivity index is 1.45. The maximum absolute atomic E-state index is 12.5. The molecule has 0 aromatic rings. The third-order valence-corrected chi connectivity index (χ3v) is 5.86. The molecule has 1 N–H and O–H groups in total. The van der Waals surface area contributed by atoms with Crippen molar-refractivity contribution in [2.24, 2.45) is 11.8 Å². The van der Waals surface area contributed by atoms with E-state index >= 15 is 0 Å². The fourth-order valence-corrected chi connectivity index (χ4v) is 4.54. The van der Waals surface area contributed by atoms with Crippen LogP contribution in [0.25, 0.3) is 0 Å². The van der Waals surface area contributed by atoms with Gasteiger partial charge in [0.2, 0.25) is 5.91 Å². The third-order valence-electron chi connectivity index (χ3n) is 5.86. The van der Waals surface area contributed by atoms with E-state index in [0.29, 0.717) is 5.91 Å². The highest BCUT2D eigenvalue weighted by molar-refractivity contribution is 5.76. The first-order valence-electron chi connectivity index (χ1n) is 8.93. The van der Waals surface area contributed by atoms with E-state index in [-0.39, 0.29) is 0 Å². The number of carbonyl (C=O) groups is 1. The molecule has 0 spiro atoms. The number of rotatable bonds is 3. The van der Waals surface area contributed by atoms with E-state index in [2.05, 4.69) is 22.2 Å². The van der Waals surface area contributed by atoms with Crippen LogP contribution in [0.1, 0.15) is 44.9 Å². The van der Waals surface area contributed by atoms with Crippen molar-refractivity contribution in [3.63, 3.8) is 0 Å². The van der Waals surface area contributed by atoms with Gasteiger partial charge in [-0.05, 0) is 77.0 Å². The summed E-state index contributed by atoms with van der Waals surface area (Å²) >= 11 is 0. The summed E-state index contributed by atoms with van der Waals surface area (Å²) in [7, 11) is 2.25. The largest absolute Gasteiger partial charge is 0.342 e. The number of carbonyl (C=O) groups excluding carboxylic acids is 1. The molecule has 21 heavy (non-hydrogen) atoms. The molecule has 3 saturated heterocycles. The quantitative estimate of drug-likeness (QED) is 0.860. The van der Waals surface area contributed by atoms with Gasteiger partial charge in [-0.25, -0.2) is 0 Å². The van der Waals surface area contributed by atoms with Crippen LogP contribution in [0.4, 0.5) is 0 Å². The van der Waals surface area contributed by atoms with Crippen molar-refractivity contribution in [1.82, 2.24) is 15.1 Å². The number of likely N-dealkylation sites (tertiary alicyclic amines) is 2. The minimum Gasteiger partial charge on any atom is -0.342 e. The Labute approximate surface area is 129 Å². The van der Waals surface area contributed by atoms with Gasteiger partial charge in [0.1, 0.15) is 0 Å². The van der Waals surface area contributed by atoms with Crippen LogP contribution in [0.15, 0.2) is 0 Å². The van der Waals surface area contributed by atoms with Crippen LogP contribution in [0.3, 0.4) is 0 Å². The van der Waals surface area contributed by atoms with Crippen LogP contribution in [0.5, 0.6) is 0 Å². The summed E-state index contributed by atoms with van der Waals surface area (Å²) in [5.74, 6) is 1.85. The van der Waals surface area contributed by atoms with E-state index < -0.39 is 0 Å². The molecular weight excluding hydrogens is 262 g/mol. The molecule has 0 aromatic carbocycles. The summed E-state index contributed by atoms with van der Waals surface area (Å²) < 4.78 is 0. The van der Waals surface area contributed by atoms with Crippen molar-refractivity contribution in [3.05, 3.63) is 0 Å². The fourth-order valence-electron chi connectivity index (χ4n) is 4.54. The molecule has 3 rings (SSSR count). The van der Waals surface area contributed by atoms with Crippen molar-refractivity contribution in [2.45, 2.75) is 51.0 Å². The van der Waals surface area contributed by atoms with Crippen LogP contribution in [0, 0.1) is 11.8 Å². The molecule has 0 bridgehead atoms. The van der Waals surface area contributed by atoms with Crippen LogP contribution in [-0.2, 0) is 4.79 Å². The molecule has 0 aromatic heterocycles. The van der Waals surface area contributed by atoms with Crippen LogP contribution < -0.4 is 5.32 Å². The van der Waals surface area contributed by atoms with Crippen molar-refractivity contribution in [1.29, 1.82) is 0 Å². The predicted octanol–water partition coefficient (Wildman–Crippen LogP) is 1.71. The zero-order valence-electron chi connectivity index (χ0n) is 13.5. The van der Waals surface area contributed by atoms with Crippen molar-refractivity contribution < 1.29 is 4.79 Å². The normalized spacial score (nSPS) is 34.5. The van der Waals surface area contributed by atoms with Gasteiger partial charge < -0.3 is 15.1 Å². The highest BCUT2D eigenvalue weighted by Crippen LogP contribution is 2.30. The van der Waals surface area contributed by atoms with Gasteiger partial charge >= 0.3 is 0 Å².